The first-order valence-corrected chi connectivity index (χ1v) is 18.9. The smallest absolute Gasteiger partial charge is 0.145 e. The zero-order valence-electron chi connectivity index (χ0n) is 28.0. The van der Waals surface area contributed by atoms with Crippen molar-refractivity contribution in [1.82, 2.24) is 8.97 Å². The van der Waals surface area contributed by atoms with Crippen LogP contribution in [0, 0.1) is 0 Å². The average molecular weight is 681 g/mol. The molecule has 3 nitrogen and oxygen atoms in total. The van der Waals surface area contributed by atoms with E-state index in [-0.39, 0.29) is 0 Å². The number of para-hydroxylation sites is 4. The predicted molar refractivity (Wildman–Crippen MR) is 222 cm³/mol. The Hall–Kier alpha value is -6.36. The molecule has 0 saturated carbocycles. The van der Waals surface area contributed by atoms with E-state index in [0.29, 0.717) is 0 Å². The van der Waals surface area contributed by atoms with E-state index in [2.05, 4.69) is 155 Å². The van der Waals surface area contributed by atoms with Crippen LogP contribution in [0.4, 0.5) is 0 Å². The van der Waals surface area contributed by atoms with Crippen LogP contribution in [-0.4, -0.2) is 8.97 Å². The van der Waals surface area contributed by atoms with Gasteiger partial charge in [0.2, 0.25) is 0 Å². The number of aromatic nitrogens is 2. The zero-order valence-corrected chi connectivity index (χ0v) is 28.8. The first kappa shape index (κ1) is 27.4. The minimum atomic E-state index is 0.939. The molecule has 0 aliphatic heterocycles. The summed E-state index contributed by atoms with van der Waals surface area (Å²) in [7, 11) is 0. The fourth-order valence-corrected chi connectivity index (χ4v) is 10.8. The molecule has 0 saturated heterocycles. The molecule has 242 valence electrons. The topological polar surface area (TPSA) is 22.5 Å². The maximum atomic E-state index is 6.77. The lowest BCUT2D eigenvalue weighted by Crippen LogP contribution is -2.01. The van der Waals surface area contributed by atoms with Crippen LogP contribution >= 0.6 is 11.3 Å². The van der Waals surface area contributed by atoms with Crippen LogP contribution in [-0.2, 0) is 0 Å². The molecular weight excluding hydrogens is 653 g/mol. The summed E-state index contributed by atoms with van der Waals surface area (Å²) in [5.41, 5.74) is 12.4. The van der Waals surface area contributed by atoms with Gasteiger partial charge in [0.1, 0.15) is 11.2 Å². The van der Waals surface area contributed by atoms with Crippen molar-refractivity contribution in [2.24, 2.45) is 0 Å². The van der Waals surface area contributed by atoms with Crippen LogP contribution in [0.3, 0.4) is 0 Å². The summed E-state index contributed by atoms with van der Waals surface area (Å²) in [5.74, 6) is 0. The second-order valence-corrected chi connectivity index (χ2v) is 15.4. The van der Waals surface area contributed by atoms with Crippen molar-refractivity contribution >= 4 is 125 Å². The average Bonchev–Trinajstić information content (AvgIpc) is 4.00. The Morgan fingerprint density at radius 1 is 0.500 bits per heavy atom. The lowest BCUT2D eigenvalue weighted by molar-refractivity contribution is 0.673. The molecule has 0 atom stereocenters. The van der Waals surface area contributed by atoms with Crippen LogP contribution in [0.2, 0.25) is 0 Å². The van der Waals surface area contributed by atoms with E-state index in [1.165, 1.54) is 108 Å². The number of benzene rings is 7. The highest BCUT2D eigenvalue weighted by molar-refractivity contribution is 7.27. The van der Waals surface area contributed by atoms with Crippen LogP contribution in [0.1, 0.15) is 18.4 Å². The molecule has 0 amide bonds. The second-order valence-electron chi connectivity index (χ2n) is 14.3. The van der Waals surface area contributed by atoms with Gasteiger partial charge in [-0.15, -0.1) is 11.3 Å². The van der Waals surface area contributed by atoms with Gasteiger partial charge >= 0.3 is 0 Å². The number of allylic oxidation sites excluding steroid dienone is 4. The van der Waals surface area contributed by atoms with Gasteiger partial charge in [-0.3, -0.25) is 0 Å². The molecule has 0 bridgehead atoms. The van der Waals surface area contributed by atoms with Crippen molar-refractivity contribution in [3.8, 4) is 0 Å². The van der Waals surface area contributed by atoms with Crippen LogP contribution in [0.5, 0.6) is 0 Å². The van der Waals surface area contributed by atoms with Crippen LogP contribution in [0.15, 0.2) is 150 Å². The first-order chi connectivity index (χ1) is 25.8. The maximum absolute atomic E-state index is 6.77. The normalized spacial score (nSPS) is 14.2. The molecule has 0 N–H and O–H groups in total. The highest BCUT2D eigenvalue weighted by Gasteiger charge is 2.27. The predicted octanol–water partition coefficient (Wildman–Crippen LogP) is 13.9. The van der Waals surface area contributed by atoms with E-state index in [1.807, 2.05) is 11.3 Å². The summed E-state index contributed by atoms with van der Waals surface area (Å²) in [4.78, 5) is 0. The lowest BCUT2D eigenvalue weighted by atomic mass is 9.93. The SMILES string of the molecule is C1=C(c2cc3c4ccccc4n4c5ccccc5c(c2)c34)CCC(n2c3ccccc3c3c4c5ccccc5oc4c4c5ccccc5sc4c32)=C1. The number of furan rings is 1. The molecule has 7 aromatic carbocycles. The minimum Gasteiger partial charge on any atom is -0.455 e. The summed E-state index contributed by atoms with van der Waals surface area (Å²) < 4.78 is 14.4. The summed E-state index contributed by atoms with van der Waals surface area (Å²) in [6.07, 6.45) is 6.70. The molecule has 4 heteroatoms. The van der Waals surface area contributed by atoms with Crippen molar-refractivity contribution in [1.29, 1.82) is 0 Å². The zero-order chi connectivity index (χ0) is 33.7. The molecule has 52 heavy (non-hydrogen) atoms. The molecule has 0 unspecified atom stereocenters. The molecule has 5 heterocycles. The van der Waals surface area contributed by atoms with E-state index in [0.717, 1.165) is 24.0 Å². The van der Waals surface area contributed by atoms with E-state index in [1.54, 1.807) is 0 Å². The quantitative estimate of drug-likeness (QED) is 0.178. The number of fused-ring (bicyclic) bond motifs is 18. The maximum Gasteiger partial charge on any atom is 0.145 e. The standard InChI is InChI=1S/C48H28N2OS/c1-6-16-37-30(11-1)35-25-28(26-36-31-12-2-7-17-38(31)50(37)45(35)36)27-21-23-29(24-22-27)49-39-18-8-3-13-32(39)42-43-33-14-4-9-19-40(33)51-47(43)44-34-15-5-10-20-41(34)52-48(44)46(42)49/h1-21,23,25-26H,22,24H2. The van der Waals surface area contributed by atoms with E-state index >= 15 is 0 Å². The number of hydrogen-bond acceptors (Lipinski definition) is 2. The van der Waals surface area contributed by atoms with Crippen molar-refractivity contribution in [3.05, 3.63) is 151 Å². The number of thiophene rings is 1. The van der Waals surface area contributed by atoms with Crippen molar-refractivity contribution < 1.29 is 4.42 Å². The number of hydrogen-bond donors (Lipinski definition) is 0. The molecule has 0 fully saturated rings. The van der Waals surface area contributed by atoms with Crippen molar-refractivity contribution in [2.75, 3.05) is 0 Å². The third-order valence-corrected chi connectivity index (χ3v) is 12.9. The summed E-state index contributed by atoms with van der Waals surface area (Å²) in [6.45, 7) is 0. The Morgan fingerprint density at radius 2 is 1.13 bits per heavy atom. The summed E-state index contributed by atoms with van der Waals surface area (Å²) in [5, 5.41) is 12.7. The van der Waals surface area contributed by atoms with E-state index < -0.39 is 0 Å². The Balaban J connectivity index is 1.10. The molecule has 1 aliphatic carbocycles. The van der Waals surface area contributed by atoms with Gasteiger partial charge in [0, 0.05) is 64.3 Å². The lowest BCUT2D eigenvalue weighted by Gasteiger charge is -2.19. The van der Waals surface area contributed by atoms with Crippen LogP contribution < -0.4 is 0 Å². The third kappa shape index (κ3) is 3.32. The van der Waals surface area contributed by atoms with Gasteiger partial charge in [-0.25, -0.2) is 0 Å². The van der Waals surface area contributed by atoms with Crippen molar-refractivity contribution in [3.63, 3.8) is 0 Å². The molecule has 5 aromatic heterocycles. The van der Waals surface area contributed by atoms with Gasteiger partial charge in [0.05, 0.1) is 32.3 Å². The second kappa shape index (κ2) is 9.70. The molecule has 13 rings (SSSR count). The monoisotopic (exact) mass is 680 g/mol. The Morgan fingerprint density at radius 3 is 1.87 bits per heavy atom. The van der Waals surface area contributed by atoms with E-state index in [9.17, 15) is 0 Å². The highest BCUT2D eigenvalue weighted by atomic mass is 32.1. The van der Waals surface area contributed by atoms with Crippen LogP contribution in [0.25, 0.3) is 113 Å². The molecular formula is C48H28N2OS. The largest absolute Gasteiger partial charge is 0.455 e. The van der Waals surface area contributed by atoms with Gasteiger partial charge in [-0.1, -0.05) is 97.1 Å². The van der Waals surface area contributed by atoms with Gasteiger partial charge in [-0.2, -0.15) is 0 Å². The number of nitrogens with zero attached hydrogens (tertiary/aromatic N) is 2. The molecule has 1 aliphatic rings. The fourth-order valence-electron chi connectivity index (χ4n) is 9.60. The third-order valence-electron chi connectivity index (χ3n) is 11.7. The Labute approximate surface area is 300 Å². The minimum absolute atomic E-state index is 0.939. The number of rotatable bonds is 2. The van der Waals surface area contributed by atoms with Crippen molar-refractivity contribution in [2.45, 2.75) is 12.8 Å². The Kier molecular flexibility index (Phi) is 5.10. The van der Waals surface area contributed by atoms with Gasteiger partial charge in [-0.05, 0) is 72.5 Å². The van der Waals surface area contributed by atoms with Gasteiger partial charge in [0.15, 0.2) is 0 Å². The van der Waals surface area contributed by atoms with E-state index in [4.69, 9.17) is 4.42 Å². The molecule has 0 spiro atoms. The fraction of sp³-hybridized carbons (Fsp3) is 0.0417. The first-order valence-electron chi connectivity index (χ1n) is 18.1. The molecule has 0 radical (unpaired) electrons. The summed E-state index contributed by atoms with van der Waals surface area (Å²) >= 11 is 1.89. The van der Waals surface area contributed by atoms with Gasteiger partial charge < -0.3 is 13.4 Å². The summed E-state index contributed by atoms with van der Waals surface area (Å²) in [6, 6.07) is 48.9. The van der Waals surface area contributed by atoms with Gasteiger partial charge in [0.25, 0.3) is 0 Å². The highest BCUT2D eigenvalue weighted by Crippen LogP contribution is 2.51. The Bertz CT molecular complexity index is 3500. The molecule has 12 aromatic rings.